The monoisotopic (exact) mass is 368 g/mol. The van der Waals surface area contributed by atoms with Crippen molar-refractivity contribution in [1.82, 2.24) is 4.98 Å². The summed E-state index contributed by atoms with van der Waals surface area (Å²) in [6.45, 7) is 0.531. The van der Waals surface area contributed by atoms with E-state index >= 15 is 0 Å². The Morgan fingerprint density at radius 1 is 1.07 bits per heavy atom. The van der Waals surface area contributed by atoms with Crippen LogP contribution in [0.2, 0.25) is 0 Å². The lowest BCUT2D eigenvalue weighted by molar-refractivity contribution is 0.0996. The molecule has 1 amide bonds. The van der Waals surface area contributed by atoms with Gasteiger partial charge in [-0.3, -0.25) is 4.79 Å². The van der Waals surface area contributed by atoms with Crippen LogP contribution in [0.5, 0.6) is 0 Å². The van der Waals surface area contributed by atoms with Gasteiger partial charge in [-0.05, 0) is 42.0 Å². The molecule has 0 saturated heterocycles. The highest BCUT2D eigenvalue weighted by atomic mass is 16.3. The average Bonchev–Trinajstić information content (AvgIpc) is 3.27. The summed E-state index contributed by atoms with van der Waals surface area (Å²) in [4.78, 5) is 16.4. The molecule has 2 N–H and O–H groups in total. The Morgan fingerprint density at radius 3 is 2.79 bits per heavy atom. The van der Waals surface area contributed by atoms with Crippen LogP contribution < -0.4 is 10.6 Å². The molecule has 2 heterocycles. The van der Waals surface area contributed by atoms with Crippen molar-refractivity contribution in [3.05, 3.63) is 90.0 Å². The van der Waals surface area contributed by atoms with Gasteiger partial charge in [-0.2, -0.15) is 5.26 Å². The molecule has 28 heavy (non-hydrogen) atoms. The number of pyridine rings is 1. The first-order valence-corrected chi connectivity index (χ1v) is 8.70. The molecule has 136 valence electrons. The summed E-state index contributed by atoms with van der Waals surface area (Å²) in [7, 11) is 0. The number of aromatic nitrogens is 1. The van der Waals surface area contributed by atoms with Gasteiger partial charge in [-0.25, -0.2) is 4.98 Å². The lowest BCUT2D eigenvalue weighted by atomic mass is 10.1. The molecule has 2 aromatic carbocycles. The van der Waals surface area contributed by atoms with Gasteiger partial charge in [-0.15, -0.1) is 0 Å². The maximum Gasteiger partial charge on any atom is 0.291 e. The Kier molecular flexibility index (Phi) is 4.72. The Hall–Kier alpha value is -4.11. The lowest BCUT2D eigenvalue weighted by Crippen LogP contribution is -2.11. The van der Waals surface area contributed by atoms with Crippen LogP contribution in [-0.4, -0.2) is 10.9 Å². The molecular formula is C22H16N4O2. The maximum atomic E-state index is 12.1. The fourth-order valence-corrected chi connectivity index (χ4v) is 2.94. The lowest BCUT2D eigenvalue weighted by Gasteiger charge is -2.11. The van der Waals surface area contributed by atoms with Crippen LogP contribution in [0, 0.1) is 11.3 Å². The van der Waals surface area contributed by atoms with Crippen LogP contribution in [0.4, 0.5) is 11.4 Å². The van der Waals surface area contributed by atoms with Crippen molar-refractivity contribution in [3.8, 4) is 6.07 Å². The van der Waals surface area contributed by atoms with Gasteiger partial charge < -0.3 is 15.1 Å². The SMILES string of the molecule is N#Cc1cc(NCc2cccc(NC(=O)c3ccco3)c2)c2ccccc2n1. The van der Waals surface area contributed by atoms with Crippen LogP contribution in [0.15, 0.2) is 77.4 Å². The predicted molar refractivity (Wildman–Crippen MR) is 107 cm³/mol. The van der Waals surface area contributed by atoms with E-state index in [1.807, 2.05) is 48.5 Å². The summed E-state index contributed by atoms with van der Waals surface area (Å²) in [5.41, 5.74) is 3.63. The molecule has 0 aliphatic rings. The van der Waals surface area contributed by atoms with Gasteiger partial charge in [-0.1, -0.05) is 30.3 Å². The molecule has 0 radical (unpaired) electrons. The van der Waals surface area contributed by atoms with Crippen molar-refractivity contribution in [2.24, 2.45) is 0 Å². The third kappa shape index (κ3) is 3.69. The largest absolute Gasteiger partial charge is 0.459 e. The van der Waals surface area contributed by atoms with Crippen LogP contribution in [0.3, 0.4) is 0 Å². The van der Waals surface area contributed by atoms with Crippen LogP contribution in [0.25, 0.3) is 10.9 Å². The molecule has 6 nitrogen and oxygen atoms in total. The van der Waals surface area contributed by atoms with Crippen molar-refractivity contribution >= 4 is 28.2 Å². The number of benzene rings is 2. The van der Waals surface area contributed by atoms with Crippen molar-refractivity contribution in [1.29, 1.82) is 5.26 Å². The second-order valence-electron chi connectivity index (χ2n) is 6.17. The number of nitrogens with one attached hydrogen (secondary N) is 2. The number of hydrogen-bond donors (Lipinski definition) is 2. The van der Waals surface area contributed by atoms with E-state index in [1.165, 1.54) is 6.26 Å². The molecule has 4 aromatic rings. The summed E-state index contributed by atoms with van der Waals surface area (Å²) in [6, 6.07) is 22.3. The second-order valence-corrected chi connectivity index (χ2v) is 6.17. The summed E-state index contributed by atoms with van der Waals surface area (Å²) in [5.74, 6) is -0.0373. The van der Waals surface area contributed by atoms with Crippen LogP contribution >= 0.6 is 0 Å². The molecule has 0 fully saturated rings. The molecule has 4 rings (SSSR count). The highest BCUT2D eigenvalue weighted by Crippen LogP contribution is 2.24. The molecule has 2 aromatic heterocycles. The Balaban J connectivity index is 1.52. The molecule has 0 aliphatic carbocycles. The van der Waals surface area contributed by atoms with Gasteiger partial charge in [0.2, 0.25) is 0 Å². The zero-order valence-electron chi connectivity index (χ0n) is 14.8. The van der Waals surface area contributed by atoms with E-state index in [2.05, 4.69) is 21.7 Å². The molecule has 6 heteroatoms. The normalized spacial score (nSPS) is 10.4. The molecular weight excluding hydrogens is 352 g/mol. The van der Waals surface area contributed by atoms with E-state index in [0.717, 1.165) is 22.2 Å². The first-order valence-electron chi connectivity index (χ1n) is 8.70. The van der Waals surface area contributed by atoms with Gasteiger partial charge in [0.25, 0.3) is 5.91 Å². The smallest absolute Gasteiger partial charge is 0.291 e. The van der Waals surface area contributed by atoms with Gasteiger partial charge in [0.05, 0.1) is 11.8 Å². The van der Waals surface area contributed by atoms with Crippen LogP contribution in [-0.2, 0) is 6.54 Å². The standard InChI is InChI=1S/C22H16N4O2/c23-13-17-12-20(18-7-1-2-8-19(18)25-17)24-14-15-5-3-6-16(11-15)26-22(27)21-9-4-10-28-21/h1-12H,14H2,(H,24,25)(H,26,27). The minimum absolute atomic E-state index is 0.260. The van der Waals surface area contributed by atoms with Gasteiger partial charge in [0, 0.05) is 23.3 Å². The molecule has 0 atom stereocenters. The molecule has 0 aliphatic heterocycles. The number of carbonyl (C=O) groups is 1. The molecule has 0 spiro atoms. The Morgan fingerprint density at radius 2 is 1.96 bits per heavy atom. The van der Waals surface area contributed by atoms with E-state index in [0.29, 0.717) is 17.9 Å². The number of amides is 1. The van der Waals surface area contributed by atoms with E-state index in [-0.39, 0.29) is 11.7 Å². The van der Waals surface area contributed by atoms with Crippen LogP contribution in [0.1, 0.15) is 21.8 Å². The number of carbonyl (C=O) groups excluding carboxylic acids is 1. The predicted octanol–water partition coefficient (Wildman–Crippen LogP) is 4.56. The number of hydrogen-bond acceptors (Lipinski definition) is 5. The van der Waals surface area contributed by atoms with Crippen molar-refractivity contribution in [2.45, 2.75) is 6.54 Å². The summed E-state index contributed by atoms with van der Waals surface area (Å²) in [5, 5.41) is 16.3. The van der Waals surface area contributed by atoms with E-state index in [4.69, 9.17) is 4.42 Å². The number of para-hydroxylation sites is 1. The summed E-state index contributed by atoms with van der Waals surface area (Å²) >= 11 is 0. The first kappa shape index (κ1) is 17.3. The number of anilines is 2. The average molecular weight is 368 g/mol. The maximum absolute atomic E-state index is 12.1. The van der Waals surface area contributed by atoms with Gasteiger partial charge >= 0.3 is 0 Å². The molecule has 0 bridgehead atoms. The topological polar surface area (TPSA) is 91.0 Å². The summed E-state index contributed by atoms with van der Waals surface area (Å²) < 4.78 is 5.11. The third-order valence-corrected chi connectivity index (χ3v) is 4.24. The molecule has 0 unspecified atom stereocenters. The Bertz CT molecular complexity index is 1180. The van der Waals surface area contributed by atoms with Crippen molar-refractivity contribution < 1.29 is 9.21 Å². The number of nitrogens with zero attached hydrogens (tertiary/aromatic N) is 2. The van der Waals surface area contributed by atoms with E-state index in [9.17, 15) is 10.1 Å². The minimum atomic E-state index is -0.297. The fourth-order valence-electron chi connectivity index (χ4n) is 2.94. The molecule has 0 saturated carbocycles. The zero-order valence-corrected chi connectivity index (χ0v) is 14.8. The van der Waals surface area contributed by atoms with E-state index < -0.39 is 0 Å². The van der Waals surface area contributed by atoms with E-state index in [1.54, 1.807) is 18.2 Å². The van der Waals surface area contributed by atoms with Crippen molar-refractivity contribution in [3.63, 3.8) is 0 Å². The number of fused-ring (bicyclic) bond motifs is 1. The highest BCUT2D eigenvalue weighted by Gasteiger charge is 2.09. The summed E-state index contributed by atoms with van der Waals surface area (Å²) in [6.07, 6.45) is 1.46. The van der Waals surface area contributed by atoms with Crippen molar-refractivity contribution in [2.75, 3.05) is 10.6 Å². The van der Waals surface area contributed by atoms with Gasteiger partial charge in [0.15, 0.2) is 5.76 Å². The number of nitriles is 1. The Labute approximate surface area is 161 Å². The first-order chi connectivity index (χ1) is 13.7. The number of rotatable bonds is 5. The number of furan rings is 1. The highest BCUT2D eigenvalue weighted by molar-refractivity contribution is 6.02. The minimum Gasteiger partial charge on any atom is -0.459 e. The second kappa shape index (κ2) is 7.64. The van der Waals surface area contributed by atoms with Gasteiger partial charge in [0.1, 0.15) is 11.8 Å². The third-order valence-electron chi connectivity index (χ3n) is 4.24. The zero-order chi connectivity index (χ0) is 19.3. The quantitative estimate of drug-likeness (QED) is 0.539. The fraction of sp³-hybridized carbons (Fsp3) is 0.0455.